The molecule has 0 saturated heterocycles. The van der Waals surface area contributed by atoms with Gasteiger partial charge in [-0.15, -0.1) is 0 Å². The molecular formula is C17H20ClFN2O2. The van der Waals surface area contributed by atoms with Crippen molar-refractivity contribution < 1.29 is 14.2 Å². The van der Waals surface area contributed by atoms with Crippen molar-refractivity contribution >= 4 is 22.5 Å². The summed E-state index contributed by atoms with van der Waals surface area (Å²) in [6.07, 6.45) is 5.96. The number of hydrogen-bond acceptors (Lipinski definition) is 3. The van der Waals surface area contributed by atoms with Crippen LogP contribution >= 0.6 is 11.6 Å². The molecule has 1 aromatic carbocycles. The monoisotopic (exact) mass is 338 g/mol. The van der Waals surface area contributed by atoms with Crippen molar-refractivity contribution in [2.45, 2.75) is 50.2 Å². The minimum absolute atomic E-state index is 0.0298. The summed E-state index contributed by atoms with van der Waals surface area (Å²) in [6, 6.07) is 1.54. The van der Waals surface area contributed by atoms with E-state index in [1.54, 1.807) is 19.4 Å². The second-order valence-electron chi connectivity index (χ2n) is 7.07. The molecule has 3 saturated carbocycles. The molecule has 1 aromatic heterocycles. The number of hydrogen-bond donors (Lipinski definition) is 2. The number of aromatic nitrogens is 2. The first-order valence-electron chi connectivity index (χ1n) is 8.05. The summed E-state index contributed by atoms with van der Waals surface area (Å²) in [4.78, 5) is 0. The molecule has 1 heterocycles. The van der Waals surface area contributed by atoms with Crippen LogP contribution in [0, 0.1) is 11.2 Å². The number of halogens is 2. The van der Waals surface area contributed by atoms with Gasteiger partial charge >= 0.3 is 0 Å². The molecule has 0 radical (unpaired) electrons. The molecule has 0 amide bonds. The van der Waals surface area contributed by atoms with Gasteiger partial charge < -0.3 is 9.84 Å². The lowest BCUT2D eigenvalue weighted by atomic mass is 9.55. The van der Waals surface area contributed by atoms with Crippen molar-refractivity contribution in [3.8, 4) is 0 Å². The average molecular weight is 339 g/mol. The molecule has 0 aliphatic heterocycles. The molecule has 124 valence electrons. The maximum absolute atomic E-state index is 14.7. The molecule has 4 nitrogen and oxygen atoms in total. The molecule has 2 bridgehead atoms. The van der Waals surface area contributed by atoms with Crippen LogP contribution in [0.2, 0.25) is 5.02 Å². The molecule has 2 aromatic rings. The Balaban J connectivity index is 1.77. The van der Waals surface area contributed by atoms with E-state index >= 15 is 0 Å². The van der Waals surface area contributed by atoms with Crippen molar-refractivity contribution in [3.05, 3.63) is 28.7 Å². The van der Waals surface area contributed by atoms with Crippen LogP contribution in [0.5, 0.6) is 0 Å². The molecule has 3 aliphatic carbocycles. The van der Waals surface area contributed by atoms with Crippen molar-refractivity contribution in [3.63, 3.8) is 0 Å². The highest BCUT2D eigenvalue weighted by Crippen LogP contribution is 2.59. The Labute approximate surface area is 139 Å². The summed E-state index contributed by atoms with van der Waals surface area (Å²) in [5, 5.41) is 18.7. The third kappa shape index (κ3) is 2.13. The summed E-state index contributed by atoms with van der Waals surface area (Å²) in [5.41, 5.74) is 0.460. The zero-order chi connectivity index (χ0) is 16.2. The SMILES string of the molecule is COC12CCC(C(O)c3c(F)c(Cl)cc4cn[nH]c34)(CC1)CC2. The van der Waals surface area contributed by atoms with Crippen LogP contribution in [-0.4, -0.2) is 28.0 Å². The number of rotatable bonds is 3. The van der Waals surface area contributed by atoms with Crippen LogP contribution < -0.4 is 0 Å². The first-order chi connectivity index (χ1) is 11.0. The third-order valence-electron chi connectivity index (χ3n) is 6.19. The summed E-state index contributed by atoms with van der Waals surface area (Å²) in [7, 11) is 1.76. The molecule has 3 aliphatic rings. The van der Waals surface area contributed by atoms with Gasteiger partial charge in [0.2, 0.25) is 0 Å². The number of aliphatic hydroxyl groups excluding tert-OH is 1. The predicted octanol–water partition coefficient (Wildman–Crippen LogP) is 4.13. The Kier molecular flexibility index (Phi) is 3.45. The standard InChI is InChI=1S/C17H20ClFN2O2/c1-23-17-5-2-16(3-6-17,4-7-17)15(22)12-13(19)11(18)8-10-9-20-21-14(10)12/h8-9,15,22H,2-7H2,1H3,(H,20,21). The number of aliphatic hydroxyl groups is 1. The highest BCUT2D eigenvalue weighted by Gasteiger charge is 2.53. The highest BCUT2D eigenvalue weighted by molar-refractivity contribution is 6.31. The summed E-state index contributed by atoms with van der Waals surface area (Å²) in [6.45, 7) is 0. The van der Waals surface area contributed by atoms with Crippen molar-refractivity contribution in [2.75, 3.05) is 7.11 Å². The number of fused-ring (bicyclic) bond motifs is 4. The van der Waals surface area contributed by atoms with E-state index < -0.39 is 11.9 Å². The zero-order valence-electron chi connectivity index (χ0n) is 13.0. The quantitative estimate of drug-likeness (QED) is 0.884. The van der Waals surface area contributed by atoms with E-state index in [1.165, 1.54) is 0 Å². The van der Waals surface area contributed by atoms with Gasteiger partial charge in [-0.05, 0) is 44.6 Å². The second-order valence-corrected chi connectivity index (χ2v) is 7.48. The fourth-order valence-corrected chi connectivity index (χ4v) is 4.74. The van der Waals surface area contributed by atoms with Crippen LogP contribution in [0.4, 0.5) is 4.39 Å². The van der Waals surface area contributed by atoms with Crippen LogP contribution in [0.1, 0.15) is 50.2 Å². The van der Waals surface area contributed by atoms with Gasteiger partial charge in [0.25, 0.3) is 0 Å². The summed E-state index contributed by atoms with van der Waals surface area (Å²) >= 11 is 6.03. The molecule has 5 rings (SSSR count). The van der Waals surface area contributed by atoms with Gasteiger partial charge in [0, 0.05) is 23.5 Å². The molecule has 23 heavy (non-hydrogen) atoms. The van der Waals surface area contributed by atoms with Gasteiger partial charge in [-0.3, -0.25) is 5.10 Å². The van der Waals surface area contributed by atoms with E-state index in [4.69, 9.17) is 16.3 Å². The topological polar surface area (TPSA) is 58.1 Å². The highest BCUT2D eigenvalue weighted by atomic mass is 35.5. The second kappa shape index (κ2) is 5.16. The van der Waals surface area contributed by atoms with E-state index in [9.17, 15) is 9.50 Å². The Hall–Kier alpha value is -1.17. The van der Waals surface area contributed by atoms with Gasteiger partial charge in [0.1, 0.15) is 5.82 Å². The fourth-order valence-electron chi connectivity index (χ4n) is 4.52. The molecular weight excluding hydrogens is 319 g/mol. The molecule has 1 atom stereocenters. The maximum Gasteiger partial charge on any atom is 0.149 e. The predicted molar refractivity (Wildman–Crippen MR) is 85.9 cm³/mol. The van der Waals surface area contributed by atoms with Gasteiger partial charge in [-0.2, -0.15) is 5.10 Å². The van der Waals surface area contributed by atoms with Crippen molar-refractivity contribution in [1.29, 1.82) is 0 Å². The number of nitrogens with one attached hydrogen (secondary N) is 1. The van der Waals surface area contributed by atoms with Crippen LogP contribution in [0.3, 0.4) is 0 Å². The number of methoxy groups -OCH3 is 1. The van der Waals surface area contributed by atoms with Crippen molar-refractivity contribution in [2.24, 2.45) is 5.41 Å². The minimum Gasteiger partial charge on any atom is -0.388 e. The Morgan fingerprint density at radius 1 is 1.30 bits per heavy atom. The number of benzene rings is 1. The number of ether oxygens (including phenoxy) is 1. The van der Waals surface area contributed by atoms with E-state index in [-0.39, 0.29) is 21.6 Å². The Morgan fingerprint density at radius 3 is 2.57 bits per heavy atom. The third-order valence-corrected chi connectivity index (χ3v) is 6.46. The molecule has 2 N–H and O–H groups in total. The lowest BCUT2D eigenvalue weighted by Gasteiger charge is -2.54. The lowest BCUT2D eigenvalue weighted by Crippen LogP contribution is -2.49. The fraction of sp³-hybridized carbons (Fsp3) is 0.588. The first-order valence-corrected chi connectivity index (χ1v) is 8.42. The Morgan fingerprint density at radius 2 is 1.96 bits per heavy atom. The van der Waals surface area contributed by atoms with Gasteiger partial charge in [-0.1, -0.05) is 11.6 Å². The smallest absolute Gasteiger partial charge is 0.149 e. The van der Waals surface area contributed by atoms with Crippen molar-refractivity contribution in [1.82, 2.24) is 10.2 Å². The summed E-state index contributed by atoms with van der Waals surface area (Å²) in [5.74, 6) is -0.542. The van der Waals surface area contributed by atoms with Gasteiger partial charge in [0.15, 0.2) is 0 Å². The lowest BCUT2D eigenvalue weighted by molar-refractivity contribution is -0.150. The first kappa shape index (κ1) is 15.4. The number of nitrogens with zero attached hydrogens (tertiary/aromatic N) is 1. The largest absolute Gasteiger partial charge is 0.388 e. The Bertz CT molecular complexity index is 736. The molecule has 1 unspecified atom stereocenters. The van der Waals surface area contributed by atoms with E-state index in [1.807, 2.05) is 0 Å². The van der Waals surface area contributed by atoms with E-state index in [0.29, 0.717) is 5.52 Å². The summed E-state index contributed by atoms with van der Waals surface area (Å²) < 4.78 is 20.4. The number of H-pyrrole nitrogens is 1. The van der Waals surface area contributed by atoms with Crippen LogP contribution in [-0.2, 0) is 4.74 Å². The molecule has 3 fully saturated rings. The van der Waals surface area contributed by atoms with Crippen LogP contribution in [0.15, 0.2) is 12.3 Å². The molecule has 0 spiro atoms. The van der Waals surface area contributed by atoms with Gasteiger partial charge in [0.05, 0.1) is 28.4 Å². The molecule has 6 heteroatoms. The van der Waals surface area contributed by atoms with Gasteiger partial charge in [-0.25, -0.2) is 4.39 Å². The van der Waals surface area contributed by atoms with E-state index in [2.05, 4.69) is 10.2 Å². The van der Waals surface area contributed by atoms with Crippen LogP contribution in [0.25, 0.3) is 10.9 Å². The zero-order valence-corrected chi connectivity index (χ0v) is 13.8. The number of aromatic amines is 1. The average Bonchev–Trinajstić information content (AvgIpc) is 3.04. The normalized spacial score (nSPS) is 31.7. The minimum atomic E-state index is -0.890. The van der Waals surface area contributed by atoms with E-state index in [0.717, 1.165) is 43.9 Å². The maximum atomic E-state index is 14.7.